The Kier molecular flexibility index (Phi) is 7.30. The summed E-state index contributed by atoms with van der Waals surface area (Å²) in [6, 6.07) is 8.10. The summed E-state index contributed by atoms with van der Waals surface area (Å²) in [4.78, 5) is 41.5. The first-order chi connectivity index (χ1) is 14.8. The van der Waals surface area contributed by atoms with Crippen LogP contribution in [0.1, 0.15) is 30.4 Å². The quantitative estimate of drug-likeness (QED) is 0.519. The summed E-state index contributed by atoms with van der Waals surface area (Å²) in [5.74, 6) is 0.368. The van der Waals surface area contributed by atoms with E-state index in [4.69, 9.17) is 0 Å². The molecule has 2 amide bonds. The lowest BCUT2D eigenvalue weighted by molar-refractivity contribution is -0.384. The van der Waals surface area contributed by atoms with Gasteiger partial charge in [0.25, 0.3) is 5.69 Å². The van der Waals surface area contributed by atoms with Crippen LogP contribution in [0.3, 0.4) is 0 Å². The number of nitro groups is 1. The van der Waals surface area contributed by atoms with E-state index >= 15 is 0 Å². The third kappa shape index (κ3) is 6.32. The van der Waals surface area contributed by atoms with Gasteiger partial charge < -0.3 is 15.5 Å². The van der Waals surface area contributed by atoms with Crippen molar-refractivity contribution in [3.8, 4) is 0 Å². The highest BCUT2D eigenvalue weighted by molar-refractivity contribution is 5.92. The lowest BCUT2D eigenvalue weighted by Crippen LogP contribution is -2.39. The van der Waals surface area contributed by atoms with Crippen LogP contribution >= 0.6 is 0 Å². The maximum atomic E-state index is 12.5. The lowest BCUT2D eigenvalue weighted by atomic mass is 9.96. The Morgan fingerprint density at radius 2 is 1.90 bits per heavy atom. The average molecular weight is 425 g/mol. The van der Waals surface area contributed by atoms with Gasteiger partial charge in [0.15, 0.2) is 0 Å². The van der Waals surface area contributed by atoms with Gasteiger partial charge in [-0.15, -0.1) is 0 Å². The van der Waals surface area contributed by atoms with Gasteiger partial charge in [-0.2, -0.15) is 0 Å². The van der Waals surface area contributed by atoms with Gasteiger partial charge in [0.05, 0.1) is 4.92 Å². The van der Waals surface area contributed by atoms with Crippen LogP contribution in [-0.4, -0.2) is 46.3 Å². The van der Waals surface area contributed by atoms with E-state index in [2.05, 4.69) is 20.5 Å². The molecule has 2 heterocycles. The summed E-state index contributed by atoms with van der Waals surface area (Å²) >= 11 is 0. The van der Waals surface area contributed by atoms with Crippen molar-refractivity contribution >= 4 is 29.0 Å². The molecule has 9 nitrogen and oxygen atoms in total. The number of non-ortho nitro benzene ring substituents is 1. The maximum absolute atomic E-state index is 12.5. The van der Waals surface area contributed by atoms with E-state index in [1.165, 1.54) is 12.1 Å². The molecule has 9 heteroatoms. The number of benzene rings is 1. The van der Waals surface area contributed by atoms with Crippen molar-refractivity contribution in [2.24, 2.45) is 5.92 Å². The van der Waals surface area contributed by atoms with Gasteiger partial charge >= 0.3 is 0 Å². The predicted octanol–water partition coefficient (Wildman–Crippen LogP) is 3.29. The largest absolute Gasteiger partial charge is 0.326 e. The molecule has 164 valence electrons. The number of carbonyl (C=O) groups is 2. The molecule has 1 aliphatic heterocycles. The van der Waals surface area contributed by atoms with Gasteiger partial charge in [-0.25, -0.2) is 4.98 Å². The molecular formula is C22H27N5O4. The van der Waals surface area contributed by atoms with Crippen molar-refractivity contribution in [1.29, 1.82) is 0 Å². The molecule has 1 aliphatic rings. The van der Waals surface area contributed by atoms with Gasteiger partial charge in [-0.1, -0.05) is 0 Å². The molecule has 0 saturated carbocycles. The minimum atomic E-state index is -0.458. The Balaban J connectivity index is 1.41. The molecule has 1 aromatic carbocycles. The van der Waals surface area contributed by atoms with Gasteiger partial charge in [0, 0.05) is 42.9 Å². The zero-order valence-electron chi connectivity index (χ0n) is 17.8. The zero-order valence-corrected chi connectivity index (χ0v) is 17.8. The zero-order chi connectivity index (χ0) is 22.4. The van der Waals surface area contributed by atoms with Gasteiger partial charge in [0.2, 0.25) is 11.8 Å². The Morgan fingerprint density at radius 1 is 1.16 bits per heavy atom. The molecule has 3 rings (SSSR count). The molecule has 0 unspecified atom stereocenters. The second-order valence-electron chi connectivity index (χ2n) is 7.88. The van der Waals surface area contributed by atoms with Crippen LogP contribution in [0, 0.1) is 29.9 Å². The topological polar surface area (TPSA) is 117 Å². The molecule has 1 fully saturated rings. The van der Waals surface area contributed by atoms with E-state index in [1.54, 1.807) is 19.2 Å². The lowest BCUT2D eigenvalue weighted by Gasteiger charge is -2.31. The van der Waals surface area contributed by atoms with Crippen LogP contribution in [-0.2, 0) is 9.59 Å². The van der Waals surface area contributed by atoms with Crippen molar-refractivity contribution in [2.75, 3.05) is 30.3 Å². The molecular weight excluding hydrogens is 398 g/mol. The summed E-state index contributed by atoms with van der Waals surface area (Å²) in [5, 5.41) is 16.5. The number of rotatable bonds is 7. The van der Waals surface area contributed by atoms with Crippen LogP contribution in [0.5, 0.6) is 0 Å². The fourth-order valence-corrected chi connectivity index (χ4v) is 3.63. The first-order valence-electron chi connectivity index (χ1n) is 10.3. The highest BCUT2D eigenvalue weighted by atomic mass is 16.6. The monoisotopic (exact) mass is 425 g/mol. The summed E-state index contributed by atoms with van der Waals surface area (Å²) in [6.07, 6.45) is 3.47. The highest BCUT2D eigenvalue weighted by Crippen LogP contribution is 2.22. The second-order valence-corrected chi connectivity index (χ2v) is 7.88. The molecule has 2 aromatic rings. The van der Waals surface area contributed by atoms with Crippen LogP contribution < -0.4 is 10.6 Å². The standard InChI is InChI=1S/C22H27N5O4/c1-15-5-9-23-20(13-15)25-22(29)17-6-10-26(11-7-17)12-8-21(28)24-19-4-3-18(27(30)31)14-16(19)2/h3-5,9,13-14,17H,6-8,10-12H2,1-2H3,(H,24,28)(H,23,25,29). The van der Waals surface area contributed by atoms with Crippen molar-refractivity contribution in [1.82, 2.24) is 9.88 Å². The number of piperidine rings is 1. The van der Waals surface area contributed by atoms with E-state index in [0.717, 1.165) is 31.5 Å². The summed E-state index contributed by atoms with van der Waals surface area (Å²) in [6.45, 7) is 5.79. The molecule has 0 aliphatic carbocycles. The molecule has 0 spiro atoms. The number of amides is 2. The molecule has 1 aromatic heterocycles. The number of hydrogen-bond donors (Lipinski definition) is 2. The molecule has 0 bridgehead atoms. The smallest absolute Gasteiger partial charge is 0.269 e. The van der Waals surface area contributed by atoms with E-state index in [0.29, 0.717) is 30.0 Å². The molecule has 0 atom stereocenters. The van der Waals surface area contributed by atoms with E-state index in [1.807, 2.05) is 19.1 Å². The number of aromatic nitrogens is 1. The van der Waals surface area contributed by atoms with Crippen LogP contribution in [0.25, 0.3) is 0 Å². The normalized spacial score (nSPS) is 14.8. The highest BCUT2D eigenvalue weighted by Gasteiger charge is 2.25. The molecule has 0 radical (unpaired) electrons. The number of pyridine rings is 1. The average Bonchev–Trinajstić information content (AvgIpc) is 2.74. The van der Waals surface area contributed by atoms with E-state index < -0.39 is 4.92 Å². The van der Waals surface area contributed by atoms with Crippen molar-refractivity contribution in [3.05, 3.63) is 57.8 Å². The summed E-state index contributed by atoms with van der Waals surface area (Å²) in [7, 11) is 0. The van der Waals surface area contributed by atoms with Crippen molar-refractivity contribution in [2.45, 2.75) is 33.1 Å². The maximum Gasteiger partial charge on any atom is 0.269 e. The third-order valence-corrected chi connectivity index (χ3v) is 5.48. The number of nitrogens with zero attached hydrogens (tertiary/aromatic N) is 3. The van der Waals surface area contributed by atoms with Crippen LogP contribution in [0.15, 0.2) is 36.5 Å². The predicted molar refractivity (Wildman–Crippen MR) is 118 cm³/mol. The summed E-state index contributed by atoms with van der Waals surface area (Å²) < 4.78 is 0. The van der Waals surface area contributed by atoms with Crippen molar-refractivity contribution < 1.29 is 14.5 Å². The number of hydrogen-bond acceptors (Lipinski definition) is 6. The van der Waals surface area contributed by atoms with Crippen LogP contribution in [0.4, 0.5) is 17.2 Å². The fraction of sp³-hybridized carbons (Fsp3) is 0.409. The molecule has 1 saturated heterocycles. The Labute approximate surface area is 181 Å². The first-order valence-corrected chi connectivity index (χ1v) is 10.3. The number of anilines is 2. The number of aryl methyl sites for hydroxylation is 2. The fourth-order valence-electron chi connectivity index (χ4n) is 3.63. The minimum Gasteiger partial charge on any atom is -0.326 e. The molecule has 31 heavy (non-hydrogen) atoms. The van der Waals surface area contributed by atoms with Gasteiger partial charge in [0.1, 0.15) is 5.82 Å². The minimum absolute atomic E-state index is 0.000543. The Bertz CT molecular complexity index is 970. The van der Waals surface area contributed by atoms with Gasteiger partial charge in [-0.05, 0) is 69.1 Å². The Hall–Kier alpha value is -3.33. The summed E-state index contributed by atoms with van der Waals surface area (Å²) in [5.41, 5.74) is 2.27. The van der Waals surface area contributed by atoms with E-state index in [9.17, 15) is 19.7 Å². The second kappa shape index (κ2) is 10.1. The van der Waals surface area contributed by atoms with Gasteiger partial charge in [-0.3, -0.25) is 19.7 Å². The third-order valence-electron chi connectivity index (χ3n) is 5.48. The number of nitrogens with one attached hydrogen (secondary N) is 2. The van der Waals surface area contributed by atoms with Crippen molar-refractivity contribution in [3.63, 3.8) is 0 Å². The number of likely N-dealkylation sites (tertiary alicyclic amines) is 1. The number of carbonyl (C=O) groups excluding carboxylic acids is 2. The SMILES string of the molecule is Cc1ccnc(NC(=O)C2CCN(CCC(=O)Nc3ccc([N+](=O)[O-])cc3C)CC2)c1. The molecule has 2 N–H and O–H groups in total. The van der Waals surface area contributed by atoms with Crippen LogP contribution in [0.2, 0.25) is 0 Å². The number of nitro benzene ring substituents is 1. The Morgan fingerprint density at radius 3 is 2.55 bits per heavy atom. The van der Waals surface area contributed by atoms with E-state index in [-0.39, 0.29) is 23.4 Å². The first kappa shape index (κ1) is 22.4.